The Bertz CT molecular complexity index is 383. The molecule has 2 fully saturated rings. The van der Waals surface area contributed by atoms with Crippen LogP contribution in [0.2, 0.25) is 0 Å². The van der Waals surface area contributed by atoms with Crippen LogP contribution in [0.25, 0.3) is 0 Å². The van der Waals surface area contributed by atoms with Crippen LogP contribution in [0.5, 0.6) is 0 Å². The van der Waals surface area contributed by atoms with Crippen LogP contribution in [0.1, 0.15) is 37.2 Å². The number of rotatable bonds is 4. The van der Waals surface area contributed by atoms with Gasteiger partial charge in [0.25, 0.3) is 0 Å². The maximum absolute atomic E-state index is 10.6. The van der Waals surface area contributed by atoms with Gasteiger partial charge >= 0.3 is 0 Å². The highest BCUT2D eigenvalue weighted by molar-refractivity contribution is 5.19. The van der Waals surface area contributed by atoms with E-state index in [9.17, 15) is 5.11 Å². The molecule has 3 N–H and O–H groups in total. The first-order valence-electron chi connectivity index (χ1n) is 7.11. The van der Waals surface area contributed by atoms with Gasteiger partial charge in [-0.1, -0.05) is 18.9 Å². The average molecular weight is 246 g/mol. The Morgan fingerprint density at radius 3 is 2.61 bits per heavy atom. The number of nitrogens with zero attached hydrogens (tertiary/aromatic N) is 1. The third kappa shape index (κ3) is 2.06. The third-order valence-corrected chi connectivity index (χ3v) is 4.90. The number of pyridine rings is 1. The largest absolute Gasteiger partial charge is 0.392 e. The van der Waals surface area contributed by atoms with Crippen molar-refractivity contribution in [2.75, 3.05) is 6.54 Å². The minimum Gasteiger partial charge on any atom is -0.392 e. The van der Waals surface area contributed by atoms with Crippen molar-refractivity contribution in [3.8, 4) is 0 Å². The number of nitrogens with two attached hydrogens (primary N) is 1. The highest BCUT2D eigenvalue weighted by Gasteiger charge is 2.55. The second kappa shape index (κ2) is 4.98. The van der Waals surface area contributed by atoms with E-state index < -0.39 is 0 Å². The second-order valence-corrected chi connectivity index (χ2v) is 5.81. The van der Waals surface area contributed by atoms with Crippen LogP contribution >= 0.6 is 0 Å². The van der Waals surface area contributed by atoms with Gasteiger partial charge in [-0.25, -0.2) is 0 Å². The van der Waals surface area contributed by atoms with Gasteiger partial charge in [0.1, 0.15) is 0 Å². The fourth-order valence-electron chi connectivity index (χ4n) is 3.89. The molecule has 1 aromatic rings. The molecule has 0 radical (unpaired) electrons. The van der Waals surface area contributed by atoms with Gasteiger partial charge in [0.05, 0.1) is 6.10 Å². The van der Waals surface area contributed by atoms with Crippen molar-refractivity contribution in [1.82, 2.24) is 4.98 Å². The van der Waals surface area contributed by atoms with Gasteiger partial charge in [0.15, 0.2) is 0 Å². The minimum atomic E-state index is -0.285. The summed E-state index contributed by atoms with van der Waals surface area (Å²) in [5.74, 6) is 2.06. The zero-order chi connectivity index (χ0) is 12.5. The number of fused-ring (bicyclic) bond motifs is 1. The van der Waals surface area contributed by atoms with Crippen molar-refractivity contribution >= 4 is 0 Å². The molecule has 0 bridgehead atoms. The minimum absolute atomic E-state index is 0.0503. The lowest BCUT2D eigenvalue weighted by atomic mass is 9.90. The van der Waals surface area contributed by atoms with Gasteiger partial charge in [-0.15, -0.1) is 0 Å². The van der Waals surface area contributed by atoms with Crippen LogP contribution in [0.4, 0.5) is 0 Å². The predicted molar refractivity (Wildman–Crippen MR) is 71.0 cm³/mol. The summed E-state index contributed by atoms with van der Waals surface area (Å²) < 4.78 is 0. The molecule has 18 heavy (non-hydrogen) atoms. The Labute approximate surface area is 108 Å². The molecular formula is C15H22N2O. The van der Waals surface area contributed by atoms with E-state index in [1.807, 2.05) is 18.3 Å². The van der Waals surface area contributed by atoms with E-state index in [2.05, 4.69) is 4.98 Å². The molecule has 0 aromatic carbocycles. The molecule has 98 valence electrons. The summed E-state index contributed by atoms with van der Waals surface area (Å²) in [7, 11) is 0. The molecule has 3 nitrogen and oxygen atoms in total. The normalized spacial score (nSPS) is 33.6. The van der Waals surface area contributed by atoms with E-state index >= 15 is 0 Å². The summed E-state index contributed by atoms with van der Waals surface area (Å²) in [6.45, 7) is 0.503. The van der Waals surface area contributed by atoms with Crippen molar-refractivity contribution in [3.05, 3.63) is 30.1 Å². The average Bonchev–Trinajstić information content (AvgIpc) is 3.15. The topological polar surface area (TPSA) is 59.1 Å². The summed E-state index contributed by atoms with van der Waals surface area (Å²) in [6.07, 6.45) is 8.60. The zero-order valence-electron chi connectivity index (χ0n) is 10.7. The van der Waals surface area contributed by atoms with Crippen molar-refractivity contribution < 1.29 is 5.11 Å². The first-order chi connectivity index (χ1) is 8.83. The van der Waals surface area contributed by atoms with Crippen molar-refractivity contribution in [2.24, 2.45) is 23.5 Å². The number of hydrogen-bond acceptors (Lipinski definition) is 3. The SMILES string of the molecule is NCC(c1cccnc1)C(O)C1C2CCCCC21. The van der Waals surface area contributed by atoms with Gasteiger partial charge in [-0.3, -0.25) is 4.98 Å². The first-order valence-corrected chi connectivity index (χ1v) is 7.11. The summed E-state index contributed by atoms with van der Waals surface area (Å²) in [5.41, 5.74) is 6.95. The Kier molecular flexibility index (Phi) is 3.35. The van der Waals surface area contributed by atoms with E-state index in [0.29, 0.717) is 12.5 Å². The highest BCUT2D eigenvalue weighted by atomic mass is 16.3. The van der Waals surface area contributed by atoms with Crippen LogP contribution in [-0.2, 0) is 0 Å². The Morgan fingerprint density at radius 1 is 1.33 bits per heavy atom. The number of aromatic nitrogens is 1. The highest BCUT2D eigenvalue weighted by Crippen LogP contribution is 2.58. The summed E-state index contributed by atoms with van der Waals surface area (Å²) >= 11 is 0. The predicted octanol–water partition coefficient (Wildman–Crippen LogP) is 1.92. The summed E-state index contributed by atoms with van der Waals surface area (Å²) in [4.78, 5) is 4.14. The van der Waals surface area contributed by atoms with E-state index in [4.69, 9.17) is 5.73 Å². The second-order valence-electron chi connectivity index (χ2n) is 5.81. The molecule has 0 aliphatic heterocycles. The zero-order valence-corrected chi connectivity index (χ0v) is 10.7. The summed E-state index contributed by atoms with van der Waals surface area (Å²) in [6, 6.07) is 3.95. The molecule has 2 saturated carbocycles. The molecular weight excluding hydrogens is 224 g/mol. The smallest absolute Gasteiger partial charge is 0.0655 e. The van der Waals surface area contributed by atoms with Crippen molar-refractivity contribution in [2.45, 2.75) is 37.7 Å². The maximum Gasteiger partial charge on any atom is 0.0655 e. The van der Waals surface area contributed by atoms with Crippen LogP contribution in [0.15, 0.2) is 24.5 Å². The lowest BCUT2D eigenvalue weighted by Crippen LogP contribution is -2.28. The van der Waals surface area contributed by atoms with E-state index in [0.717, 1.165) is 17.4 Å². The van der Waals surface area contributed by atoms with Gasteiger partial charge < -0.3 is 10.8 Å². The lowest BCUT2D eigenvalue weighted by Gasteiger charge is -2.22. The molecule has 2 aliphatic carbocycles. The van der Waals surface area contributed by atoms with Crippen LogP contribution < -0.4 is 5.73 Å². The van der Waals surface area contributed by atoms with E-state index in [1.165, 1.54) is 25.7 Å². The molecule has 4 unspecified atom stereocenters. The van der Waals surface area contributed by atoms with E-state index in [-0.39, 0.29) is 12.0 Å². The fraction of sp³-hybridized carbons (Fsp3) is 0.667. The third-order valence-electron chi connectivity index (χ3n) is 4.90. The molecule has 4 atom stereocenters. The quantitative estimate of drug-likeness (QED) is 0.853. The van der Waals surface area contributed by atoms with Crippen molar-refractivity contribution in [3.63, 3.8) is 0 Å². The standard InChI is InChI=1S/C15H22N2O/c16-8-13(10-4-3-7-17-9-10)15(18)14-11-5-1-2-6-12(11)14/h3-4,7,9,11-15,18H,1-2,5-6,8,16H2. The molecule has 3 rings (SSSR count). The Morgan fingerprint density at radius 2 is 2.06 bits per heavy atom. The van der Waals surface area contributed by atoms with Gasteiger partial charge in [0, 0.05) is 24.9 Å². The molecule has 3 heteroatoms. The Balaban J connectivity index is 1.73. The Hall–Kier alpha value is -0.930. The van der Waals surface area contributed by atoms with Gasteiger partial charge in [0.2, 0.25) is 0 Å². The molecule has 0 saturated heterocycles. The number of hydrogen-bond donors (Lipinski definition) is 2. The molecule has 1 aromatic heterocycles. The molecule has 2 aliphatic rings. The first kappa shape index (κ1) is 12.1. The molecule has 0 spiro atoms. The number of aliphatic hydroxyl groups excluding tert-OH is 1. The van der Waals surface area contributed by atoms with Crippen LogP contribution in [0.3, 0.4) is 0 Å². The maximum atomic E-state index is 10.6. The van der Waals surface area contributed by atoms with Gasteiger partial charge in [-0.2, -0.15) is 0 Å². The number of aliphatic hydroxyl groups is 1. The molecule has 0 amide bonds. The van der Waals surface area contributed by atoms with Crippen LogP contribution in [0, 0.1) is 17.8 Å². The van der Waals surface area contributed by atoms with Crippen LogP contribution in [-0.4, -0.2) is 22.7 Å². The van der Waals surface area contributed by atoms with Crippen molar-refractivity contribution in [1.29, 1.82) is 0 Å². The van der Waals surface area contributed by atoms with E-state index in [1.54, 1.807) is 6.20 Å². The summed E-state index contributed by atoms with van der Waals surface area (Å²) in [5, 5.41) is 10.6. The molecule has 1 heterocycles. The monoisotopic (exact) mass is 246 g/mol. The fourth-order valence-corrected chi connectivity index (χ4v) is 3.89. The lowest BCUT2D eigenvalue weighted by molar-refractivity contribution is 0.112. The van der Waals surface area contributed by atoms with Gasteiger partial charge in [-0.05, 0) is 42.2 Å².